The Morgan fingerprint density at radius 2 is 1.48 bits per heavy atom. The van der Waals surface area contributed by atoms with Crippen molar-refractivity contribution in [1.82, 2.24) is 4.90 Å². The summed E-state index contributed by atoms with van der Waals surface area (Å²) in [6, 6.07) is 7.05. The Morgan fingerprint density at radius 3 is 2.04 bits per heavy atom. The number of hydrogen-bond acceptors (Lipinski definition) is 3. The van der Waals surface area contributed by atoms with Crippen LogP contribution in [0.2, 0.25) is 0 Å². The van der Waals surface area contributed by atoms with E-state index in [1.165, 1.54) is 0 Å². The van der Waals surface area contributed by atoms with Crippen molar-refractivity contribution in [3.05, 3.63) is 29.8 Å². The molecule has 0 aromatic heterocycles. The number of amides is 2. The lowest BCUT2D eigenvalue weighted by Crippen LogP contribution is -2.37. The number of carboxylic acid groups (broad SMARTS) is 1. The number of nitrogens with one attached hydrogen (secondary N) is 1. The summed E-state index contributed by atoms with van der Waals surface area (Å²) in [4.78, 5) is 37.9. The average Bonchev–Trinajstić information content (AvgIpc) is 2.68. The molecule has 1 aliphatic carbocycles. The van der Waals surface area contributed by atoms with Gasteiger partial charge in [-0.2, -0.15) is 0 Å². The molecule has 1 aromatic carbocycles. The molecule has 0 bridgehead atoms. The van der Waals surface area contributed by atoms with Crippen LogP contribution >= 0.6 is 0 Å². The van der Waals surface area contributed by atoms with Gasteiger partial charge in [0.1, 0.15) is 0 Å². The Balaban J connectivity index is 1.52. The highest BCUT2D eigenvalue weighted by atomic mass is 16.4. The van der Waals surface area contributed by atoms with E-state index in [-0.39, 0.29) is 23.7 Å². The molecular weight excluding hydrogens is 344 g/mol. The van der Waals surface area contributed by atoms with Crippen molar-refractivity contribution in [1.29, 1.82) is 0 Å². The zero-order valence-electron chi connectivity index (χ0n) is 15.8. The van der Waals surface area contributed by atoms with Crippen molar-refractivity contribution in [2.75, 3.05) is 18.4 Å². The maximum Gasteiger partial charge on any atom is 0.306 e. The fourth-order valence-electron chi connectivity index (χ4n) is 3.94. The number of piperidine rings is 1. The first-order valence-electron chi connectivity index (χ1n) is 9.87. The van der Waals surface area contributed by atoms with Gasteiger partial charge < -0.3 is 15.3 Å². The zero-order valence-corrected chi connectivity index (χ0v) is 15.8. The number of carbonyl (C=O) groups is 3. The minimum atomic E-state index is -0.766. The van der Waals surface area contributed by atoms with Gasteiger partial charge in [0.2, 0.25) is 5.91 Å². The third-order valence-electron chi connectivity index (χ3n) is 5.92. The van der Waals surface area contributed by atoms with Crippen LogP contribution in [0.1, 0.15) is 55.8 Å². The van der Waals surface area contributed by atoms with Crippen molar-refractivity contribution >= 4 is 23.5 Å². The molecule has 1 aliphatic heterocycles. The van der Waals surface area contributed by atoms with Crippen molar-refractivity contribution in [2.45, 2.75) is 45.4 Å². The predicted molar refractivity (Wildman–Crippen MR) is 102 cm³/mol. The largest absolute Gasteiger partial charge is 0.481 e. The lowest BCUT2D eigenvalue weighted by molar-refractivity contribution is -0.143. The van der Waals surface area contributed by atoms with Gasteiger partial charge in [-0.1, -0.05) is 6.92 Å². The van der Waals surface area contributed by atoms with Crippen LogP contribution in [0.5, 0.6) is 0 Å². The summed E-state index contributed by atoms with van der Waals surface area (Å²) in [6.07, 6.45) is 4.40. The molecule has 1 heterocycles. The van der Waals surface area contributed by atoms with Gasteiger partial charge in [0.25, 0.3) is 5.91 Å². The first-order valence-corrected chi connectivity index (χ1v) is 9.87. The summed E-state index contributed by atoms with van der Waals surface area (Å²) in [5.41, 5.74) is 1.31. The van der Waals surface area contributed by atoms with Crippen LogP contribution in [0.3, 0.4) is 0 Å². The Bertz CT molecular complexity index is 685. The second-order valence-corrected chi connectivity index (χ2v) is 7.93. The van der Waals surface area contributed by atoms with Gasteiger partial charge in [-0.3, -0.25) is 14.4 Å². The summed E-state index contributed by atoms with van der Waals surface area (Å²) in [6.45, 7) is 3.82. The van der Waals surface area contributed by atoms with Crippen LogP contribution in [0.4, 0.5) is 5.69 Å². The van der Waals surface area contributed by atoms with Gasteiger partial charge in [-0.15, -0.1) is 0 Å². The van der Waals surface area contributed by atoms with Crippen LogP contribution in [0.15, 0.2) is 24.3 Å². The molecule has 0 radical (unpaired) electrons. The molecule has 2 aliphatic rings. The topological polar surface area (TPSA) is 86.7 Å². The third-order valence-corrected chi connectivity index (χ3v) is 5.92. The van der Waals surface area contributed by atoms with Crippen LogP contribution in [0.25, 0.3) is 0 Å². The molecule has 3 rings (SSSR count). The normalized spacial score (nSPS) is 23.7. The number of anilines is 1. The highest BCUT2D eigenvalue weighted by molar-refractivity contribution is 5.96. The van der Waals surface area contributed by atoms with Crippen molar-refractivity contribution in [2.24, 2.45) is 17.8 Å². The smallest absolute Gasteiger partial charge is 0.306 e. The van der Waals surface area contributed by atoms with Crippen LogP contribution in [0, 0.1) is 17.8 Å². The van der Waals surface area contributed by atoms with Crippen LogP contribution < -0.4 is 5.32 Å². The predicted octanol–water partition coefficient (Wildman–Crippen LogP) is 3.39. The molecule has 0 unspecified atom stereocenters. The van der Waals surface area contributed by atoms with E-state index in [0.29, 0.717) is 42.9 Å². The molecule has 1 saturated heterocycles. The molecule has 1 saturated carbocycles. The fourth-order valence-corrected chi connectivity index (χ4v) is 3.94. The summed E-state index contributed by atoms with van der Waals surface area (Å²) in [7, 11) is 0. The Morgan fingerprint density at radius 1 is 0.926 bits per heavy atom. The number of carboxylic acids is 1. The lowest BCUT2D eigenvalue weighted by Gasteiger charge is -2.30. The van der Waals surface area contributed by atoms with Gasteiger partial charge in [0, 0.05) is 30.3 Å². The SMILES string of the molecule is CC1CCN(C(=O)c2ccc(NC(=O)C3CCC(C(=O)O)CC3)cc2)CC1. The average molecular weight is 372 g/mol. The monoisotopic (exact) mass is 372 g/mol. The Kier molecular flexibility index (Phi) is 6.14. The molecule has 6 heteroatoms. The van der Waals surface area contributed by atoms with Gasteiger partial charge in [0.05, 0.1) is 5.92 Å². The highest BCUT2D eigenvalue weighted by Gasteiger charge is 2.29. The summed E-state index contributed by atoms with van der Waals surface area (Å²) in [5, 5.41) is 11.9. The van der Waals surface area contributed by atoms with Gasteiger partial charge in [-0.25, -0.2) is 0 Å². The molecule has 0 atom stereocenters. The molecule has 27 heavy (non-hydrogen) atoms. The minimum Gasteiger partial charge on any atom is -0.481 e. The molecule has 6 nitrogen and oxygen atoms in total. The minimum absolute atomic E-state index is 0.0479. The van der Waals surface area contributed by atoms with Gasteiger partial charge in [-0.05, 0) is 68.7 Å². The summed E-state index contributed by atoms with van der Waals surface area (Å²) < 4.78 is 0. The standard InChI is InChI=1S/C21H28N2O4/c1-14-10-12-23(13-11-14)20(25)16-6-8-18(9-7-16)22-19(24)15-2-4-17(5-3-15)21(26)27/h6-9,14-15,17H,2-5,10-13H2,1H3,(H,22,24)(H,26,27). The first kappa shape index (κ1) is 19.4. The van der Waals surface area contributed by atoms with Crippen LogP contribution in [-0.2, 0) is 9.59 Å². The van der Waals surface area contributed by atoms with E-state index in [1.807, 2.05) is 4.90 Å². The van der Waals surface area contributed by atoms with E-state index in [2.05, 4.69) is 12.2 Å². The molecule has 0 spiro atoms. The van der Waals surface area contributed by atoms with E-state index < -0.39 is 5.97 Å². The van der Waals surface area contributed by atoms with Crippen molar-refractivity contribution in [3.8, 4) is 0 Å². The number of aliphatic carboxylic acids is 1. The number of likely N-dealkylation sites (tertiary alicyclic amines) is 1. The molecule has 2 N–H and O–H groups in total. The maximum absolute atomic E-state index is 12.6. The third kappa shape index (κ3) is 4.87. The zero-order chi connectivity index (χ0) is 19.4. The summed E-state index contributed by atoms with van der Waals surface area (Å²) in [5.74, 6) is -0.571. The lowest BCUT2D eigenvalue weighted by atomic mass is 9.81. The fraction of sp³-hybridized carbons (Fsp3) is 0.571. The van der Waals surface area contributed by atoms with E-state index >= 15 is 0 Å². The number of carbonyl (C=O) groups excluding carboxylic acids is 2. The number of nitrogens with zero attached hydrogens (tertiary/aromatic N) is 1. The van der Waals surface area contributed by atoms with E-state index in [4.69, 9.17) is 5.11 Å². The quantitative estimate of drug-likeness (QED) is 0.848. The highest BCUT2D eigenvalue weighted by Crippen LogP contribution is 2.30. The Hall–Kier alpha value is -2.37. The molecule has 146 valence electrons. The van der Waals surface area contributed by atoms with E-state index in [0.717, 1.165) is 25.9 Å². The Labute approximate surface area is 159 Å². The number of rotatable bonds is 4. The van der Waals surface area contributed by atoms with Gasteiger partial charge in [0.15, 0.2) is 0 Å². The molecule has 2 fully saturated rings. The van der Waals surface area contributed by atoms with Crippen molar-refractivity contribution < 1.29 is 19.5 Å². The first-order chi connectivity index (χ1) is 12.9. The molecular formula is C21H28N2O4. The van der Waals surface area contributed by atoms with E-state index in [1.54, 1.807) is 24.3 Å². The van der Waals surface area contributed by atoms with E-state index in [9.17, 15) is 14.4 Å². The second-order valence-electron chi connectivity index (χ2n) is 7.93. The molecule has 1 aromatic rings. The summed E-state index contributed by atoms with van der Waals surface area (Å²) >= 11 is 0. The second kappa shape index (κ2) is 8.55. The van der Waals surface area contributed by atoms with Crippen molar-refractivity contribution in [3.63, 3.8) is 0 Å². The van der Waals surface area contributed by atoms with Gasteiger partial charge >= 0.3 is 5.97 Å². The number of benzene rings is 1. The molecule has 2 amide bonds. The van der Waals surface area contributed by atoms with Crippen LogP contribution in [-0.4, -0.2) is 40.9 Å². The maximum atomic E-state index is 12.6. The number of hydrogen-bond donors (Lipinski definition) is 2.